The highest BCUT2D eigenvalue weighted by atomic mass is 16.6. The van der Waals surface area contributed by atoms with Crippen molar-refractivity contribution in [2.75, 3.05) is 19.0 Å². The first-order chi connectivity index (χ1) is 10.0. The first kappa shape index (κ1) is 15.2. The molecule has 1 aromatic carbocycles. The maximum absolute atomic E-state index is 12.3. The Bertz CT molecular complexity index is 541. The van der Waals surface area contributed by atoms with Crippen molar-refractivity contribution in [3.05, 3.63) is 33.9 Å². The molecule has 0 radical (unpaired) electrons. The molecule has 21 heavy (non-hydrogen) atoms. The second-order valence-electron chi connectivity index (χ2n) is 5.02. The van der Waals surface area contributed by atoms with E-state index in [0.717, 1.165) is 12.8 Å². The zero-order valence-electron chi connectivity index (χ0n) is 12.1. The van der Waals surface area contributed by atoms with Gasteiger partial charge in [0.25, 0.3) is 11.6 Å². The lowest BCUT2D eigenvalue weighted by atomic mass is 10.1. The van der Waals surface area contributed by atoms with Gasteiger partial charge in [0.15, 0.2) is 0 Å². The number of ether oxygens (including phenoxy) is 1. The molecule has 0 aromatic heterocycles. The third-order valence-electron chi connectivity index (χ3n) is 3.62. The molecule has 1 fully saturated rings. The first-order valence-corrected chi connectivity index (χ1v) is 6.92. The topological polar surface area (TPSA) is 93.5 Å². The Morgan fingerprint density at radius 1 is 1.52 bits per heavy atom. The van der Waals surface area contributed by atoms with Gasteiger partial charge >= 0.3 is 0 Å². The van der Waals surface area contributed by atoms with E-state index in [0.29, 0.717) is 6.61 Å². The molecule has 1 aromatic rings. The Labute approximate surface area is 122 Å². The highest BCUT2D eigenvalue weighted by molar-refractivity contribution is 6.01. The maximum atomic E-state index is 12.3. The van der Waals surface area contributed by atoms with Crippen molar-refractivity contribution in [2.24, 2.45) is 0 Å². The predicted octanol–water partition coefficient (Wildman–Crippen LogP) is 1.93. The number of hydrogen-bond acceptors (Lipinski definition) is 5. The number of nitrogens with one attached hydrogen (secondary N) is 2. The monoisotopic (exact) mass is 293 g/mol. The highest BCUT2D eigenvalue weighted by Crippen LogP contribution is 2.28. The molecule has 0 bridgehead atoms. The van der Waals surface area contributed by atoms with E-state index in [1.54, 1.807) is 13.1 Å². The summed E-state index contributed by atoms with van der Waals surface area (Å²) in [5, 5.41) is 16.6. The Morgan fingerprint density at radius 2 is 2.29 bits per heavy atom. The molecule has 1 heterocycles. The smallest absolute Gasteiger partial charge is 0.293 e. The van der Waals surface area contributed by atoms with Crippen LogP contribution in [0.4, 0.5) is 11.4 Å². The number of nitro benzene ring substituents is 1. The Hall–Kier alpha value is -2.15. The minimum absolute atomic E-state index is 0.00526. The number of amides is 1. The number of hydrogen-bond donors (Lipinski definition) is 2. The quantitative estimate of drug-likeness (QED) is 0.639. The standard InChI is InChI=1S/C14H19N3O4/c1-9(12-7-4-8-21-12)16-14(18)10-5-3-6-11(17(19)20)13(10)15-2/h3,5-6,9,12,15H,4,7-8H2,1-2H3,(H,16,18). The van der Waals surface area contributed by atoms with E-state index in [2.05, 4.69) is 10.6 Å². The molecular formula is C14H19N3O4. The van der Waals surface area contributed by atoms with Crippen molar-refractivity contribution in [2.45, 2.75) is 31.9 Å². The summed E-state index contributed by atoms with van der Waals surface area (Å²) in [4.78, 5) is 22.8. The van der Waals surface area contributed by atoms with Gasteiger partial charge in [-0.2, -0.15) is 0 Å². The van der Waals surface area contributed by atoms with Crippen LogP contribution in [0.5, 0.6) is 0 Å². The minimum atomic E-state index is -0.508. The average Bonchev–Trinajstić information content (AvgIpc) is 3.00. The van der Waals surface area contributed by atoms with Gasteiger partial charge in [0.05, 0.1) is 22.6 Å². The van der Waals surface area contributed by atoms with Crippen molar-refractivity contribution in [1.29, 1.82) is 0 Å². The summed E-state index contributed by atoms with van der Waals surface area (Å²) in [7, 11) is 1.56. The number of nitro groups is 1. The van der Waals surface area contributed by atoms with E-state index >= 15 is 0 Å². The maximum Gasteiger partial charge on any atom is 0.293 e. The summed E-state index contributed by atoms with van der Waals surface area (Å²) < 4.78 is 5.53. The summed E-state index contributed by atoms with van der Waals surface area (Å²) in [5.74, 6) is -0.342. The van der Waals surface area contributed by atoms with Crippen LogP contribution in [0.1, 0.15) is 30.1 Å². The van der Waals surface area contributed by atoms with Crippen LogP contribution < -0.4 is 10.6 Å². The van der Waals surface area contributed by atoms with Gasteiger partial charge in [-0.05, 0) is 25.8 Å². The first-order valence-electron chi connectivity index (χ1n) is 6.92. The molecule has 1 amide bonds. The van der Waals surface area contributed by atoms with E-state index in [1.807, 2.05) is 6.92 Å². The molecule has 2 N–H and O–H groups in total. The summed E-state index contributed by atoms with van der Waals surface area (Å²) in [6, 6.07) is 4.30. The largest absolute Gasteiger partial charge is 0.382 e. The fourth-order valence-electron chi connectivity index (χ4n) is 2.52. The van der Waals surface area contributed by atoms with Crippen LogP contribution in [0.3, 0.4) is 0 Å². The number of carbonyl (C=O) groups is 1. The molecule has 7 nitrogen and oxygen atoms in total. The molecule has 114 valence electrons. The van der Waals surface area contributed by atoms with Crippen molar-refractivity contribution in [3.63, 3.8) is 0 Å². The number of para-hydroxylation sites is 1. The molecule has 2 rings (SSSR count). The minimum Gasteiger partial charge on any atom is -0.382 e. The van der Waals surface area contributed by atoms with Crippen molar-refractivity contribution in [3.8, 4) is 0 Å². The summed E-state index contributed by atoms with van der Waals surface area (Å²) >= 11 is 0. The number of nitrogens with zero attached hydrogens (tertiary/aromatic N) is 1. The zero-order valence-corrected chi connectivity index (χ0v) is 12.1. The number of benzene rings is 1. The number of rotatable bonds is 5. The van der Waals surface area contributed by atoms with Crippen LogP contribution in [0.15, 0.2) is 18.2 Å². The van der Waals surface area contributed by atoms with Crippen LogP contribution in [0.2, 0.25) is 0 Å². The van der Waals surface area contributed by atoms with Crippen LogP contribution in [-0.4, -0.2) is 36.6 Å². The molecular weight excluding hydrogens is 274 g/mol. The Kier molecular flexibility index (Phi) is 4.74. The van der Waals surface area contributed by atoms with E-state index in [-0.39, 0.29) is 35.0 Å². The van der Waals surface area contributed by atoms with Crippen molar-refractivity contribution < 1.29 is 14.5 Å². The summed E-state index contributed by atoms with van der Waals surface area (Å²) in [6.45, 7) is 2.59. The third-order valence-corrected chi connectivity index (χ3v) is 3.62. The van der Waals surface area contributed by atoms with Gasteiger partial charge in [0, 0.05) is 19.7 Å². The molecule has 1 saturated heterocycles. The van der Waals surface area contributed by atoms with Gasteiger partial charge in [-0.25, -0.2) is 0 Å². The lowest BCUT2D eigenvalue weighted by molar-refractivity contribution is -0.384. The fraction of sp³-hybridized carbons (Fsp3) is 0.500. The van der Waals surface area contributed by atoms with Gasteiger partial charge in [-0.15, -0.1) is 0 Å². The van der Waals surface area contributed by atoms with E-state index in [4.69, 9.17) is 4.74 Å². The molecule has 2 unspecified atom stereocenters. The SMILES string of the molecule is CNc1c(C(=O)NC(C)C2CCCO2)cccc1[N+](=O)[O-]. The summed E-state index contributed by atoms with van der Waals surface area (Å²) in [5.41, 5.74) is 0.367. The lowest BCUT2D eigenvalue weighted by Gasteiger charge is -2.20. The van der Waals surface area contributed by atoms with Gasteiger partial charge in [0.2, 0.25) is 0 Å². The van der Waals surface area contributed by atoms with E-state index < -0.39 is 4.92 Å². The van der Waals surface area contributed by atoms with Crippen LogP contribution in [0, 0.1) is 10.1 Å². The van der Waals surface area contributed by atoms with Gasteiger partial charge in [0.1, 0.15) is 5.69 Å². The second-order valence-corrected chi connectivity index (χ2v) is 5.02. The summed E-state index contributed by atoms with van der Waals surface area (Å²) in [6.07, 6.45) is 1.91. The van der Waals surface area contributed by atoms with Crippen LogP contribution >= 0.6 is 0 Å². The Morgan fingerprint density at radius 3 is 2.86 bits per heavy atom. The lowest BCUT2D eigenvalue weighted by Crippen LogP contribution is -2.41. The molecule has 0 spiro atoms. The zero-order chi connectivity index (χ0) is 15.4. The average molecular weight is 293 g/mol. The molecule has 1 aliphatic heterocycles. The molecule has 0 aliphatic carbocycles. The van der Waals surface area contributed by atoms with Gasteiger partial charge in [-0.1, -0.05) is 6.07 Å². The van der Waals surface area contributed by atoms with Crippen LogP contribution in [-0.2, 0) is 4.74 Å². The Balaban J connectivity index is 2.18. The fourth-order valence-corrected chi connectivity index (χ4v) is 2.52. The third kappa shape index (κ3) is 3.30. The number of anilines is 1. The molecule has 0 saturated carbocycles. The van der Waals surface area contributed by atoms with Gasteiger partial charge < -0.3 is 15.4 Å². The van der Waals surface area contributed by atoms with Crippen molar-refractivity contribution >= 4 is 17.3 Å². The number of carbonyl (C=O) groups excluding carboxylic acids is 1. The van der Waals surface area contributed by atoms with Gasteiger partial charge in [-0.3, -0.25) is 14.9 Å². The molecule has 1 aliphatic rings. The normalized spacial score (nSPS) is 19.0. The molecule has 7 heteroatoms. The second kappa shape index (κ2) is 6.53. The van der Waals surface area contributed by atoms with E-state index in [1.165, 1.54) is 12.1 Å². The van der Waals surface area contributed by atoms with E-state index in [9.17, 15) is 14.9 Å². The highest BCUT2D eigenvalue weighted by Gasteiger charge is 2.26. The predicted molar refractivity (Wildman–Crippen MR) is 78.5 cm³/mol. The van der Waals surface area contributed by atoms with Crippen molar-refractivity contribution in [1.82, 2.24) is 5.32 Å². The molecule has 2 atom stereocenters. The van der Waals surface area contributed by atoms with Crippen LogP contribution in [0.25, 0.3) is 0 Å².